The van der Waals surface area contributed by atoms with Gasteiger partial charge >= 0.3 is 0 Å². The van der Waals surface area contributed by atoms with Gasteiger partial charge in [-0.25, -0.2) is 0 Å². The second kappa shape index (κ2) is 9.28. The smallest absolute Gasteiger partial charge is 0.228 e. The number of nitrogens with one attached hydrogen (secondary N) is 1. The first kappa shape index (κ1) is 19.0. The maximum Gasteiger partial charge on any atom is 0.228 e. The molecule has 1 amide bonds. The van der Waals surface area contributed by atoms with E-state index >= 15 is 0 Å². The van der Waals surface area contributed by atoms with Crippen molar-refractivity contribution in [1.29, 1.82) is 0 Å². The highest BCUT2D eigenvalue weighted by Crippen LogP contribution is 2.15. The lowest BCUT2D eigenvalue weighted by atomic mass is 10.2. The van der Waals surface area contributed by atoms with Gasteiger partial charge in [0.25, 0.3) is 0 Å². The largest absolute Gasteiger partial charge is 0.353 e. The molecule has 0 atom stereocenters. The van der Waals surface area contributed by atoms with Crippen LogP contribution in [0, 0.1) is 5.92 Å². The zero-order valence-corrected chi connectivity index (χ0v) is 16.0. The second-order valence-corrected chi connectivity index (χ2v) is 7.02. The van der Waals surface area contributed by atoms with Crippen molar-refractivity contribution in [3.8, 4) is 0 Å². The highest BCUT2D eigenvalue weighted by molar-refractivity contribution is 5.91. The topological polar surface area (TPSA) is 61.4 Å². The number of carbonyl (C=O) groups is 1. The first-order chi connectivity index (χ1) is 13.1. The van der Waals surface area contributed by atoms with E-state index in [2.05, 4.69) is 61.7 Å². The fraction of sp³-hybridized carbons (Fsp3) is 0.381. The Kier molecular flexibility index (Phi) is 6.54. The Morgan fingerprint density at radius 1 is 1.07 bits per heavy atom. The minimum Gasteiger partial charge on any atom is -0.353 e. The molecule has 1 aromatic carbocycles. The number of benzene rings is 1. The molecule has 2 aromatic rings. The Bertz CT molecular complexity index is 750. The lowest BCUT2D eigenvalue weighted by Crippen LogP contribution is -2.46. The fourth-order valence-electron chi connectivity index (χ4n) is 2.89. The van der Waals surface area contributed by atoms with Crippen LogP contribution in [0.2, 0.25) is 0 Å². The molecule has 1 aromatic heterocycles. The predicted octanol–water partition coefficient (Wildman–Crippen LogP) is 2.91. The molecular formula is C21H27N5O. The summed E-state index contributed by atoms with van der Waals surface area (Å²) in [6, 6.07) is 14.1. The van der Waals surface area contributed by atoms with E-state index < -0.39 is 0 Å². The molecule has 0 radical (unpaired) electrons. The van der Waals surface area contributed by atoms with Crippen molar-refractivity contribution in [2.75, 3.05) is 42.9 Å². The van der Waals surface area contributed by atoms with Crippen LogP contribution in [-0.2, 0) is 4.79 Å². The second-order valence-electron chi connectivity index (χ2n) is 7.02. The number of piperazine rings is 1. The SMILES string of the molecule is CC(C)C(=O)Nc1ccc(N2CCN(C/C=C/c3ccccc3)CC2)nn1. The molecule has 6 nitrogen and oxygen atoms in total. The highest BCUT2D eigenvalue weighted by Gasteiger charge is 2.17. The van der Waals surface area contributed by atoms with E-state index in [9.17, 15) is 4.79 Å². The predicted molar refractivity (Wildman–Crippen MR) is 110 cm³/mol. The van der Waals surface area contributed by atoms with Crippen LogP contribution in [0.5, 0.6) is 0 Å². The minimum atomic E-state index is -0.0736. The summed E-state index contributed by atoms with van der Waals surface area (Å²) in [7, 11) is 0. The zero-order chi connectivity index (χ0) is 19.1. The molecule has 1 fully saturated rings. The molecule has 0 aliphatic carbocycles. The Hall–Kier alpha value is -2.73. The van der Waals surface area contributed by atoms with E-state index in [1.165, 1.54) is 5.56 Å². The molecular weight excluding hydrogens is 338 g/mol. The molecule has 2 heterocycles. The fourth-order valence-corrected chi connectivity index (χ4v) is 2.89. The van der Waals surface area contributed by atoms with Crippen molar-refractivity contribution in [1.82, 2.24) is 15.1 Å². The maximum absolute atomic E-state index is 11.7. The molecule has 1 saturated heterocycles. The first-order valence-electron chi connectivity index (χ1n) is 9.45. The van der Waals surface area contributed by atoms with Crippen molar-refractivity contribution in [2.24, 2.45) is 5.92 Å². The zero-order valence-electron chi connectivity index (χ0n) is 16.0. The Balaban J connectivity index is 1.46. The summed E-state index contributed by atoms with van der Waals surface area (Å²) in [6.45, 7) is 8.49. The summed E-state index contributed by atoms with van der Waals surface area (Å²) in [5.74, 6) is 1.24. The summed E-state index contributed by atoms with van der Waals surface area (Å²) in [4.78, 5) is 16.4. The van der Waals surface area contributed by atoms with Crippen LogP contribution in [0.1, 0.15) is 19.4 Å². The van der Waals surface area contributed by atoms with Crippen LogP contribution in [-0.4, -0.2) is 53.7 Å². The molecule has 1 N–H and O–H groups in total. The number of hydrogen-bond acceptors (Lipinski definition) is 5. The average molecular weight is 365 g/mol. The van der Waals surface area contributed by atoms with Crippen LogP contribution in [0.4, 0.5) is 11.6 Å². The molecule has 1 aliphatic heterocycles. The van der Waals surface area contributed by atoms with Gasteiger partial charge in [-0.15, -0.1) is 10.2 Å². The van der Waals surface area contributed by atoms with Gasteiger partial charge in [-0.2, -0.15) is 0 Å². The summed E-state index contributed by atoms with van der Waals surface area (Å²) in [6.07, 6.45) is 4.39. The van der Waals surface area contributed by atoms with Gasteiger partial charge < -0.3 is 10.2 Å². The normalized spacial score (nSPS) is 15.4. The molecule has 1 aliphatic rings. The van der Waals surface area contributed by atoms with Crippen LogP contribution < -0.4 is 10.2 Å². The third kappa shape index (κ3) is 5.62. The maximum atomic E-state index is 11.7. The van der Waals surface area contributed by atoms with Gasteiger partial charge in [-0.3, -0.25) is 9.69 Å². The van der Waals surface area contributed by atoms with Crippen LogP contribution in [0.15, 0.2) is 48.5 Å². The molecule has 27 heavy (non-hydrogen) atoms. The quantitative estimate of drug-likeness (QED) is 0.853. The molecule has 6 heteroatoms. The van der Waals surface area contributed by atoms with Gasteiger partial charge in [0.2, 0.25) is 5.91 Å². The van der Waals surface area contributed by atoms with Crippen molar-refractivity contribution in [3.63, 3.8) is 0 Å². The number of carbonyl (C=O) groups excluding carboxylic acids is 1. The van der Waals surface area contributed by atoms with Crippen molar-refractivity contribution < 1.29 is 4.79 Å². The van der Waals surface area contributed by atoms with Gasteiger partial charge in [0, 0.05) is 38.6 Å². The van der Waals surface area contributed by atoms with Crippen molar-refractivity contribution in [2.45, 2.75) is 13.8 Å². The average Bonchev–Trinajstić information content (AvgIpc) is 2.70. The van der Waals surface area contributed by atoms with E-state index in [-0.39, 0.29) is 11.8 Å². The molecule has 0 bridgehead atoms. The highest BCUT2D eigenvalue weighted by atomic mass is 16.1. The Labute approximate surface area is 160 Å². The molecule has 0 unspecified atom stereocenters. The van der Waals surface area contributed by atoms with Gasteiger partial charge in [-0.1, -0.05) is 56.3 Å². The summed E-state index contributed by atoms with van der Waals surface area (Å²) in [5.41, 5.74) is 1.23. The van der Waals surface area contributed by atoms with Crippen LogP contribution in [0.3, 0.4) is 0 Å². The van der Waals surface area contributed by atoms with Crippen molar-refractivity contribution in [3.05, 3.63) is 54.1 Å². The van der Waals surface area contributed by atoms with Gasteiger partial charge in [0.1, 0.15) is 0 Å². The number of rotatable bonds is 6. The molecule has 3 rings (SSSR count). The summed E-state index contributed by atoms with van der Waals surface area (Å²) >= 11 is 0. The summed E-state index contributed by atoms with van der Waals surface area (Å²) < 4.78 is 0. The number of anilines is 2. The molecule has 0 saturated carbocycles. The number of hydrogen-bond donors (Lipinski definition) is 1. The summed E-state index contributed by atoms with van der Waals surface area (Å²) in [5, 5.41) is 11.2. The van der Waals surface area contributed by atoms with E-state index in [1.807, 2.05) is 32.0 Å². The lowest BCUT2D eigenvalue weighted by molar-refractivity contribution is -0.118. The molecule has 142 valence electrons. The van der Waals surface area contributed by atoms with E-state index in [0.717, 1.165) is 38.5 Å². The molecule has 0 spiro atoms. The van der Waals surface area contributed by atoms with Gasteiger partial charge in [-0.05, 0) is 17.7 Å². The standard InChI is InChI=1S/C21H27N5O/c1-17(2)21(27)22-19-10-11-20(24-23-19)26-15-13-25(14-16-26)12-6-9-18-7-4-3-5-8-18/h3-11,17H,12-16H2,1-2H3,(H,22,23,27)/b9-6+. The van der Waals surface area contributed by atoms with Crippen LogP contribution in [0.25, 0.3) is 6.08 Å². The van der Waals surface area contributed by atoms with Gasteiger partial charge in [0.15, 0.2) is 11.6 Å². The number of aromatic nitrogens is 2. The van der Waals surface area contributed by atoms with E-state index in [4.69, 9.17) is 0 Å². The van der Waals surface area contributed by atoms with E-state index in [0.29, 0.717) is 5.82 Å². The van der Waals surface area contributed by atoms with Gasteiger partial charge in [0.05, 0.1) is 0 Å². The Morgan fingerprint density at radius 3 is 2.44 bits per heavy atom. The monoisotopic (exact) mass is 365 g/mol. The minimum absolute atomic E-state index is 0.0470. The third-order valence-corrected chi connectivity index (χ3v) is 4.60. The lowest BCUT2D eigenvalue weighted by Gasteiger charge is -2.34. The first-order valence-corrected chi connectivity index (χ1v) is 9.45. The van der Waals surface area contributed by atoms with Crippen LogP contribution >= 0.6 is 0 Å². The Morgan fingerprint density at radius 2 is 1.81 bits per heavy atom. The van der Waals surface area contributed by atoms with E-state index in [1.54, 1.807) is 0 Å². The number of nitrogens with zero attached hydrogens (tertiary/aromatic N) is 4. The third-order valence-electron chi connectivity index (χ3n) is 4.60. The number of amides is 1. The van der Waals surface area contributed by atoms with Crippen molar-refractivity contribution >= 4 is 23.6 Å².